The minimum absolute atomic E-state index is 1.17. The molecule has 1 nitrogen and oxygen atoms in total. The summed E-state index contributed by atoms with van der Waals surface area (Å²) in [5, 5.41) is 5.25. The lowest BCUT2D eigenvalue weighted by Crippen LogP contribution is -2.39. The zero-order valence-electron chi connectivity index (χ0n) is 17.2. The van der Waals surface area contributed by atoms with Crippen LogP contribution in [0.5, 0.6) is 0 Å². The van der Waals surface area contributed by atoms with Gasteiger partial charge < -0.3 is 4.42 Å². The van der Waals surface area contributed by atoms with Gasteiger partial charge >= 0.3 is 0 Å². The van der Waals surface area contributed by atoms with Crippen LogP contribution in [-0.4, -0.2) is 13.9 Å². The highest BCUT2D eigenvalue weighted by Crippen LogP contribution is 2.44. The van der Waals surface area contributed by atoms with E-state index >= 15 is 0 Å². The van der Waals surface area contributed by atoms with Crippen molar-refractivity contribution in [1.29, 1.82) is 0 Å². The summed E-state index contributed by atoms with van der Waals surface area (Å²) in [6, 6.07) is 35.0. The zero-order valence-corrected chi connectivity index (χ0v) is 19.1. The topological polar surface area (TPSA) is 13.1 Å². The predicted octanol–water partition coefficient (Wildman–Crippen LogP) is 4.97. The van der Waals surface area contributed by atoms with Crippen molar-refractivity contribution in [3.63, 3.8) is 0 Å². The van der Waals surface area contributed by atoms with Gasteiger partial charge in [0.2, 0.25) is 0 Å². The van der Waals surface area contributed by atoms with Crippen LogP contribution in [0.25, 0.3) is 0 Å². The Balaban J connectivity index is 2.14. The molecule has 146 valence electrons. The fourth-order valence-electron chi connectivity index (χ4n) is 3.90. The molecular weight excluding hydrogens is 387 g/mol. The maximum absolute atomic E-state index is 6.03. The molecule has 0 aliphatic carbocycles. The van der Waals surface area contributed by atoms with Crippen molar-refractivity contribution < 1.29 is 4.42 Å². The van der Waals surface area contributed by atoms with Crippen molar-refractivity contribution in [3.05, 3.63) is 109 Å². The highest BCUT2D eigenvalue weighted by Gasteiger charge is 2.28. The second-order valence-corrected chi connectivity index (χ2v) is 16.5. The number of rotatable bonds is 5. The van der Waals surface area contributed by atoms with Crippen LogP contribution in [0.4, 0.5) is 0 Å². The van der Waals surface area contributed by atoms with Crippen molar-refractivity contribution in [1.82, 2.24) is 0 Å². The highest BCUT2D eigenvalue weighted by molar-refractivity contribution is 7.94. The Morgan fingerprint density at radius 1 is 0.621 bits per heavy atom. The van der Waals surface area contributed by atoms with Gasteiger partial charge in [0.05, 0.1) is 11.6 Å². The van der Waals surface area contributed by atoms with E-state index < -0.39 is 15.0 Å². The summed E-state index contributed by atoms with van der Waals surface area (Å²) in [5.74, 6) is 2.52. The molecule has 0 amide bonds. The van der Waals surface area contributed by atoms with Crippen LogP contribution >= 0.6 is 6.89 Å². The van der Waals surface area contributed by atoms with Gasteiger partial charge in [-0.05, 0) is 34.7 Å². The molecule has 0 fully saturated rings. The third-order valence-electron chi connectivity index (χ3n) is 5.20. The number of hydrogen-bond donors (Lipinski definition) is 0. The quantitative estimate of drug-likeness (QED) is 0.332. The molecular formula is C26H27OPSi. The third kappa shape index (κ3) is 3.83. The molecule has 1 heterocycles. The molecule has 0 radical (unpaired) electrons. The van der Waals surface area contributed by atoms with Crippen LogP contribution in [0.2, 0.25) is 19.6 Å². The molecule has 0 aliphatic rings. The van der Waals surface area contributed by atoms with Crippen LogP contribution in [0.15, 0.2) is 108 Å². The Hall–Kier alpha value is -2.54. The van der Waals surface area contributed by atoms with E-state index in [9.17, 15) is 0 Å². The van der Waals surface area contributed by atoms with Crippen LogP contribution < -0.4 is 21.3 Å². The van der Waals surface area contributed by atoms with Gasteiger partial charge in [-0.1, -0.05) is 111 Å². The molecule has 0 atom stereocenters. The molecule has 3 heteroatoms. The van der Waals surface area contributed by atoms with Gasteiger partial charge in [-0.2, -0.15) is 0 Å². The number of furan rings is 1. The normalized spacial score (nSPS) is 12.0. The van der Waals surface area contributed by atoms with Gasteiger partial charge in [-0.25, -0.2) is 0 Å². The van der Waals surface area contributed by atoms with Crippen LogP contribution in [0.3, 0.4) is 0 Å². The first kappa shape index (κ1) is 19.8. The van der Waals surface area contributed by atoms with Gasteiger partial charge in [-0.3, -0.25) is 0 Å². The van der Waals surface area contributed by atoms with Gasteiger partial charge in [0.1, 0.15) is 8.07 Å². The standard InChI is InChI=1S/C26H27OPSi/c1-29(2,3)26-22(19-20-27-26)21-28(23-13-7-4-8-14-23,24-15-9-5-10-16-24)25-17-11-6-12-18-25/h4-21H,1-3H3. The first-order valence-electron chi connectivity index (χ1n) is 10.0. The number of hydrogen-bond acceptors (Lipinski definition) is 1. The largest absolute Gasteiger partial charge is 0.474 e. The summed E-state index contributed by atoms with van der Waals surface area (Å²) < 4.78 is 6.03. The predicted molar refractivity (Wildman–Crippen MR) is 132 cm³/mol. The fourth-order valence-corrected chi connectivity index (χ4v) is 9.35. The number of benzene rings is 3. The average Bonchev–Trinajstić information content (AvgIpc) is 3.23. The van der Waals surface area contributed by atoms with Crippen molar-refractivity contribution in [2.45, 2.75) is 19.6 Å². The minimum atomic E-state index is -2.00. The maximum Gasteiger partial charge on any atom is 0.124 e. The monoisotopic (exact) mass is 414 g/mol. The molecule has 1 aromatic heterocycles. The second kappa shape index (κ2) is 8.06. The van der Waals surface area contributed by atoms with E-state index in [0.717, 1.165) is 0 Å². The molecule has 0 bridgehead atoms. The fraction of sp³-hybridized carbons (Fsp3) is 0.115. The third-order valence-corrected chi connectivity index (χ3v) is 11.0. The van der Waals surface area contributed by atoms with Crippen molar-refractivity contribution >= 4 is 42.1 Å². The van der Waals surface area contributed by atoms with E-state index in [1.807, 2.05) is 6.26 Å². The molecule has 0 N–H and O–H groups in total. The van der Waals surface area contributed by atoms with Gasteiger partial charge in [-0.15, -0.1) is 0 Å². The summed E-state index contributed by atoms with van der Waals surface area (Å²) in [7, 11) is -1.61. The van der Waals surface area contributed by atoms with Crippen LogP contribution in [0, 0.1) is 0 Å². The van der Waals surface area contributed by atoms with Gasteiger partial charge in [0.25, 0.3) is 0 Å². The second-order valence-electron chi connectivity index (χ2n) is 8.31. The molecule has 4 aromatic rings. The molecule has 0 unspecified atom stereocenters. The van der Waals surface area contributed by atoms with Crippen molar-refractivity contribution in [2.24, 2.45) is 0 Å². The summed E-state index contributed by atoms with van der Waals surface area (Å²) in [4.78, 5) is 0. The smallest absolute Gasteiger partial charge is 0.124 e. The van der Waals surface area contributed by atoms with E-state index in [0.29, 0.717) is 0 Å². The Labute approximate surface area is 175 Å². The summed E-state index contributed by atoms with van der Waals surface area (Å²) in [6.45, 7) is 5.03. The van der Waals surface area contributed by atoms with E-state index in [1.165, 1.54) is 26.9 Å². The average molecular weight is 415 g/mol. The Bertz CT molecular complexity index is 1020. The van der Waals surface area contributed by atoms with E-state index in [1.54, 1.807) is 0 Å². The molecule has 0 saturated carbocycles. The van der Waals surface area contributed by atoms with E-state index in [-0.39, 0.29) is 0 Å². The first-order chi connectivity index (χ1) is 14.0. The minimum Gasteiger partial charge on any atom is -0.474 e. The van der Waals surface area contributed by atoms with Gasteiger partial charge in [0.15, 0.2) is 0 Å². The Morgan fingerprint density at radius 3 is 1.41 bits per heavy atom. The Morgan fingerprint density at radius 2 is 1.03 bits per heavy atom. The Kier molecular flexibility index (Phi) is 5.49. The first-order valence-corrected chi connectivity index (χ1v) is 15.4. The van der Waals surface area contributed by atoms with E-state index in [2.05, 4.69) is 122 Å². The lowest BCUT2D eigenvalue weighted by molar-refractivity contribution is 0.597. The molecule has 0 saturated heterocycles. The summed E-state index contributed by atoms with van der Waals surface area (Å²) in [5.41, 5.74) is 1.24. The SMILES string of the molecule is C[Si](C)(C)c1occc1C=P(c1ccccc1)(c1ccccc1)c1ccccc1. The molecule has 0 spiro atoms. The van der Waals surface area contributed by atoms with Crippen molar-refractivity contribution in [2.75, 3.05) is 0 Å². The maximum atomic E-state index is 6.03. The van der Waals surface area contributed by atoms with Crippen LogP contribution in [-0.2, 0) is 0 Å². The lowest BCUT2D eigenvalue weighted by atomic mass is 10.3. The van der Waals surface area contributed by atoms with E-state index in [4.69, 9.17) is 4.42 Å². The van der Waals surface area contributed by atoms with Crippen molar-refractivity contribution in [3.8, 4) is 0 Å². The highest BCUT2D eigenvalue weighted by atomic mass is 31.2. The van der Waals surface area contributed by atoms with Gasteiger partial charge in [0, 0.05) is 5.56 Å². The molecule has 29 heavy (non-hydrogen) atoms. The summed E-state index contributed by atoms with van der Waals surface area (Å²) in [6.07, 6.45) is 1.86. The molecule has 4 rings (SSSR count). The zero-order chi connectivity index (χ0) is 20.3. The molecule has 3 aromatic carbocycles. The lowest BCUT2D eigenvalue weighted by Gasteiger charge is -2.29. The molecule has 0 aliphatic heterocycles. The van der Waals surface area contributed by atoms with Crippen LogP contribution in [0.1, 0.15) is 5.56 Å². The summed E-state index contributed by atoms with van der Waals surface area (Å²) >= 11 is 0.